The first-order valence-corrected chi connectivity index (χ1v) is 10.0. The van der Waals surface area contributed by atoms with E-state index in [0.717, 1.165) is 56.2 Å². The van der Waals surface area contributed by atoms with Crippen LogP contribution in [-0.4, -0.2) is 17.9 Å². The van der Waals surface area contributed by atoms with E-state index in [1.54, 1.807) is 0 Å². The molecule has 2 fully saturated rings. The number of nitrogens with one attached hydrogen (secondary N) is 2. The summed E-state index contributed by atoms with van der Waals surface area (Å²) in [6.45, 7) is 0.480. The van der Waals surface area contributed by atoms with Crippen molar-refractivity contribution < 1.29 is 9.59 Å². The van der Waals surface area contributed by atoms with Crippen LogP contribution in [0.25, 0.3) is 0 Å². The fourth-order valence-corrected chi connectivity index (χ4v) is 4.20. The molecule has 27 heavy (non-hydrogen) atoms. The third-order valence-corrected chi connectivity index (χ3v) is 5.83. The minimum atomic E-state index is 0. The molecule has 0 unspecified atom stereocenters. The van der Waals surface area contributed by atoms with Gasteiger partial charge in [-0.25, -0.2) is 0 Å². The molecule has 0 heterocycles. The van der Waals surface area contributed by atoms with E-state index in [1.165, 1.54) is 6.42 Å². The van der Waals surface area contributed by atoms with Gasteiger partial charge in [-0.05, 0) is 49.3 Å². The maximum atomic E-state index is 12.4. The van der Waals surface area contributed by atoms with Crippen molar-refractivity contribution in [1.29, 1.82) is 0 Å². The Morgan fingerprint density at radius 1 is 1.04 bits per heavy atom. The molecule has 0 aromatic heterocycles. The van der Waals surface area contributed by atoms with E-state index in [-0.39, 0.29) is 36.2 Å². The number of hydrogen-bond acceptors (Lipinski definition) is 3. The second-order valence-corrected chi connectivity index (χ2v) is 7.86. The Kier molecular flexibility index (Phi) is 8.58. The van der Waals surface area contributed by atoms with E-state index < -0.39 is 0 Å². The highest BCUT2D eigenvalue weighted by atomic mass is 35.5. The van der Waals surface area contributed by atoms with Crippen molar-refractivity contribution >= 4 is 29.9 Å². The van der Waals surface area contributed by atoms with E-state index in [2.05, 4.69) is 10.6 Å². The zero-order valence-corrected chi connectivity index (χ0v) is 16.7. The molecule has 0 spiro atoms. The van der Waals surface area contributed by atoms with Crippen LogP contribution < -0.4 is 16.4 Å². The van der Waals surface area contributed by atoms with Gasteiger partial charge in [0, 0.05) is 30.6 Å². The molecular weight excluding hydrogens is 362 g/mol. The van der Waals surface area contributed by atoms with Gasteiger partial charge < -0.3 is 16.4 Å². The fraction of sp³-hybridized carbons (Fsp3) is 0.619. The molecule has 0 aliphatic heterocycles. The molecule has 0 bridgehead atoms. The molecule has 1 aromatic carbocycles. The molecule has 5 nitrogen and oxygen atoms in total. The average Bonchev–Trinajstić information content (AvgIpc) is 3.06. The van der Waals surface area contributed by atoms with Crippen molar-refractivity contribution in [2.75, 3.05) is 5.32 Å². The van der Waals surface area contributed by atoms with Crippen LogP contribution in [0.5, 0.6) is 0 Å². The molecule has 150 valence electrons. The SMILES string of the molecule is Cl.N[C@@H]1CCC[C@H]1CC(=O)NCc1cccc(NC(=O)C2CCCCC2)c1. The quantitative estimate of drug-likeness (QED) is 0.687. The summed E-state index contributed by atoms with van der Waals surface area (Å²) in [5.74, 6) is 0.643. The molecule has 2 atom stereocenters. The third kappa shape index (κ3) is 6.51. The van der Waals surface area contributed by atoms with E-state index >= 15 is 0 Å². The van der Waals surface area contributed by atoms with Gasteiger partial charge in [0.2, 0.25) is 11.8 Å². The number of hydrogen-bond donors (Lipinski definition) is 3. The summed E-state index contributed by atoms with van der Waals surface area (Å²) in [5, 5.41) is 6.02. The van der Waals surface area contributed by atoms with E-state index in [4.69, 9.17) is 5.73 Å². The Bertz CT molecular complexity index is 632. The molecule has 0 saturated heterocycles. The molecule has 2 aliphatic rings. The summed E-state index contributed by atoms with van der Waals surface area (Å²) in [4.78, 5) is 24.5. The minimum Gasteiger partial charge on any atom is -0.352 e. The van der Waals surface area contributed by atoms with Crippen LogP contribution in [0.1, 0.15) is 63.4 Å². The highest BCUT2D eigenvalue weighted by Gasteiger charge is 2.26. The predicted molar refractivity (Wildman–Crippen MR) is 111 cm³/mol. The van der Waals surface area contributed by atoms with Crippen LogP contribution in [0.2, 0.25) is 0 Å². The topological polar surface area (TPSA) is 84.2 Å². The largest absolute Gasteiger partial charge is 0.352 e. The Balaban J connectivity index is 0.00000261. The molecule has 2 aliphatic carbocycles. The zero-order valence-electron chi connectivity index (χ0n) is 15.9. The second-order valence-electron chi connectivity index (χ2n) is 7.86. The molecule has 1 aromatic rings. The van der Waals surface area contributed by atoms with Crippen LogP contribution in [0.4, 0.5) is 5.69 Å². The van der Waals surface area contributed by atoms with Crippen LogP contribution in [0.3, 0.4) is 0 Å². The van der Waals surface area contributed by atoms with E-state index in [0.29, 0.717) is 18.9 Å². The summed E-state index contributed by atoms with van der Waals surface area (Å²) in [6.07, 6.45) is 9.24. The maximum Gasteiger partial charge on any atom is 0.227 e. The Morgan fingerprint density at radius 3 is 2.52 bits per heavy atom. The van der Waals surface area contributed by atoms with Gasteiger partial charge in [-0.1, -0.05) is 37.8 Å². The number of benzene rings is 1. The van der Waals surface area contributed by atoms with Gasteiger partial charge in [0.05, 0.1) is 0 Å². The van der Waals surface area contributed by atoms with Gasteiger partial charge >= 0.3 is 0 Å². The number of nitrogens with two attached hydrogens (primary N) is 1. The zero-order chi connectivity index (χ0) is 18.4. The molecule has 3 rings (SSSR count). The van der Waals surface area contributed by atoms with Crippen LogP contribution in [0, 0.1) is 11.8 Å². The van der Waals surface area contributed by atoms with Gasteiger partial charge in [0.25, 0.3) is 0 Å². The summed E-state index contributed by atoms with van der Waals surface area (Å²) in [6, 6.07) is 7.91. The first-order valence-electron chi connectivity index (χ1n) is 10.0. The predicted octanol–water partition coefficient (Wildman–Crippen LogP) is 3.76. The smallest absolute Gasteiger partial charge is 0.227 e. The number of carbonyl (C=O) groups is 2. The highest BCUT2D eigenvalue weighted by Crippen LogP contribution is 2.27. The second kappa shape index (κ2) is 10.7. The molecule has 2 saturated carbocycles. The van der Waals surface area contributed by atoms with Crippen molar-refractivity contribution in [3.05, 3.63) is 29.8 Å². The Hall–Kier alpha value is -1.59. The van der Waals surface area contributed by atoms with Crippen molar-refractivity contribution in [2.24, 2.45) is 17.6 Å². The first kappa shape index (κ1) is 21.7. The monoisotopic (exact) mass is 393 g/mol. The third-order valence-electron chi connectivity index (χ3n) is 5.83. The van der Waals surface area contributed by atoms with E-state index in [9.17, 15) is 9.59 Å². The number of rotatable bonds is 6. The van der Waals surface area contributed by atoms with E-state index in [1.807, 2.05) is 24.3 Å². The summed E-state index contributed by atoms with van der Waals surface area (Å²) in [7, 11) is 0. The number of amides is 2. The lowest BCUT2D eigenvalue weighted by Crippen LogP contribution is -2.31. The lowest BCUT2D eigenvalue weighted by atomic mass is 9.88. The van der Waals surface area contributed by atoms with Crippen LogP contribution >= 0.6 is 12.4 Å². The standard InChI is InChI=1S/C21H31N3O2.ClH/c22-19-11-5-9-17(19)13-20(25)23-14-15-6-4-10-18(12-15)24-21(26)16-7-2-1-3-8-16;/h4,6,10,12,16-17,19H,1-3,5,7-9,11,13-14,22H2,(H,23,25)(H,24,26);1H/t17-,19+;/m0./s1. The first-order chi connectivity index (χ1) is 12.6. The van der Waals surface area contributed by atoms with Gasteiger partial charge in [0.1, 0.15) is 0 Å². The Morgan fingerprint density at radius 2 is 1.81 bits per heavy atom. The highest BCUT2D eigenvalue weighted by molar-refractivity contribution is 5.92. The van der Waals surface area contributed by atoms with Crippen LogP contribution in [0.15, 0.2) is 24.3 Å². The molecule has 2 amide bonds. The minimum absolute atomic E-state index is 0. The van der Waals surface area contributed by atoms with Crippen LogP contribution in [-0.2, 0) is 16.1 Å². The molecule has 6 heteroatoms. The van der Waals surface area contributed by atoms with Gasteiger partial charge in [0.15, 0.2) is 0 Å². The number of halogens is 1. The van der Waals surface area contributed by atoms with Crippen molar-refractivity contribution in [1.82, 2.24) is 5.32 Å². The van der Waals surface area contributed by atoms with Gasteiger partial charge in [-0.2, -0.15) is 0 Å². The normalized spacial score (nSPS) is 22.7. The van der Waals surface area contributed by atoms with Gasteiger partial charge in [-0.3, -0.25) is 9.59 Å². The van der Waals surface area contributed by atoms with Crippen molar-refractivity contribution in [2.45, 2.75) is 70.4 Å². The number of anilines is 1. The Labute approximate surface area is 168 Å². The lowest BCUT2D eigenvalue weighted by molar-refractivity contribution is -0.122. The summed E-state index contributed by atoms with van der Waals surface area (Å²) < 4.78 is 0. The summed E-state index contributed by atoms with van der Waals surface area (Å²) in [5.41, 5.74) is 7.85. The number of carbonyl (C=O) groups excluding carboxylic acids is 2. The fourth-order valence-electron chi connectivity index (χ4n) is 4.20. The van der Waals surface area contributed by atoms with Crippen molar-refractivity contribution in [3.8, 4) is 0 Å². The average molecular weight is 394 g/mol. The molecular formula is C21H32ClN3O2. The van der Waals surface area contributed by atoms with Gasteiger partial charge in [-0.15, -0.1) is 12.4 Å². The van der Waals surface area contributed by atoms with Crippen molar-refractivity contribution in [3.63, 3.8) is 0 Å². The molecule has 0 radical (unpaired) electrons. The molecule has 4 N–H and O–H groups in total. The summed E-state index contributed by atoms with van der Waals surface area (Å²) >= 11 is 0. The maximum absolute atomic E-state index is 12.4. The lowest BCUT2D eigenvalue weighted by Gasteiger charge is -2.21.